The van der Waals surface area contributed by atoms with E-state index in [9.17, 15) is 4.79 Å². The lowest BCUT2D eigenvalue weighted by Crippen LogP contribution is -2.30. The van der Waals surface area contributed by atoms with Gasteiger partial charge >= 0.3 is 0 Å². The number of hydrogen-bond acceptors (Lipinski definition) is 2. The summed E-state index contributed by atoms with van der Waals surface area (Å²) in [5.41, 5.74) is 5.69. The molecule has 0 fully saturated rings. The summed E-state index contributed by atoms with van der Waals surface area (Å²) in [4.78, 5) is 18.5. The maximum Gasteiger partial charge on any atom is 0.224 e. The molecule has 4 nitrogen and oxygen atoms in total. The Bertz CT molecular complexity index is 1430. The molecule has 1 amide bonds. The molecule has 0 aliphatic heterocycles. The second-order valence-corrected chi connectivity index (χ2v) is 8.95. The molecule has 0 saturated heterocycles. The maximum atomic E-state index is 13.0. The van der Waals surface area contributed by atoms with Crippen molar-refractivity contribution in [1.29, 1.82) is 0 Å². The minimum atomic E-state index is 0.0334. The van der Waals surface area contributed by atoms with E-state index in [1.807, 2.05) is 44.4 Å². The van der Waals surface area contributed by atoms with Crippen LogP contribution in [-0.4, -0.2) is 31.5 Å². The van der Waals surface area contributed by atoms with Crippen molar-refractivity contribution in [2.75, 3.05) is 25.5 Å². The number of anilines is 1. The highest BCUT2D eigenvalue weighted by atomic mass is 16.1. The van der Waals surface area contributed by atoms with E-state index in [4.69, 9.17) is 0 Å². The van der Waals surface area contributed by atoms with Crippen molar-refractivity contribution >= 4 is 33.3 Å². The van der Waals surface area contributed by atoms with Crippen molar-refractivity contribution in [1.82, 2.24) is 10.3 Å². The van der Waals surface area contributed by atoms with Crippen LogP contribution < -0.4 is 10.2 Å². The average molecular weight is 448 g/mol. The molecule has 5 rings (SSSR count). The lowest BCUT2D eigenvalue weighted by molar-refractivity contribution is -0.120. The van der Waals surface area contributed by atoms with Gasteiger partial charge in [0.25, 0.3) is 0 Å². The van der Waals surface area contributed by atoms with Gasteiger partial charge in [0.2, 0.25) is 5.91 Å². The monoisotopic (exact) mass is 447 g/mol. The molecule has 0 unspecified atom stereocenters. The highest BCUT2D eigenvalue weighted by Gasteiger charge is 2.19. The van der Waals surface area contributed by atoms with Gasteiger partial charge in [-0.15, -0.1) is 0 Å². The molecule has 4 aromatic carbocycles. The predicted octanol–water partition coefficient (Wildman–Crippen LogP) is 5.88. The van der Waals surface area contributed by atoms with Crippen molar-refractivity contribution in [3.63, 3.8) is 0 Å². The fourth-order valence-corrected chi connectivity index (χ4v) is 4.69. The molecule has 0 aliphatic carbocycles. The Morgan fingerprint density at radius 2 is 1.56 bits per heavy atom. The van der Waals surface area contributed by atoms with Crippen LogP contribution in [0.4, 0.5) is 5.69 Å². The van der Waals surface area contributed by atoms with E-state index >= 15 is 0 Å². The summed E-state index contributed by atoms with van der Waals surface area (Å²) in [5, 5.41) is 6.70. The molecule has 5 aromatic rings. The molecular formula is C30H29N3O. The number of nitrogens with zero attached hydrogens (tertiary/aromatic N) is 1. The van der Waals surface area contributed by atoms with Gasteiger partial charge in [0.1, 0.15) is 0 Å². The van der Waals surface area contributed by atoms with Gasteiger partial charge in [-0.05, 0) is 45.7 Å². The Hall–Kier alpha value is -4.05. The Morgan fingerprint density at radius 3 is 2.35 bits per heavy atom. The number of para-hydroxylation sites is 1. The Balaban J connectivity index is 1.41. The van der Waals surface area contributed by atoms with E-state index in [-0.39, 0.29) is 11.8 Å². The van der Waals surface area contributed by atoms with Crippen LogP contribution in [0.2, 0.25) is 0 Å². The number of amides is 1. The molecule has 34 heavy (non-hydrogen) atoms. The van der Waals surface area contributed by atoms with Gasteiger partial charge in [0.15, 0.2) is 0 Å². The molecule has 1 heterocycles. The van der Waals surface area contributed by atoms with Crippen molar-refractivity contribution in [3.05, 3.63) is 114 Å². The third-order valence-electron chi connectivity index (χ3n) is 6.54. The average Bonchev–Trinajstić information content (AvgIpc) is 3.29. The fraction of sp³-hybridized carbons (Fsp3) is 0.167. The first-order valence-corrected chi connectivity index (χ1v) is 11.7. The van der Waals surface area contributed by atoms with Crippen molar-refractivity contribution in [2.45, 2.75) is 12.3 Å². The topological polar surface area (TPSA) is 48.1 Å². The molecule has 0 spiro atoms. The van der Waals surface area contributed by atoms with Gasteiger partial charge in [-0.3, -0.25) is 4.79 Å². The zero-order chi connectivity index (χ0) is 23.5. The second kappa shape index (κ2) is 9.44. The molecular weight excluding hydrogens is 418 g/mol. The molecule has 0 bridgehead atoms. The van der Waals surface area contributed by atoms with Crippen LogP contribution in [0.3, 0.4) is 0 Å². The van der Waals surface area contributed by atoms with Crippen LogP contribution in [-0.2, 0) is 11.2 Å². The van der Waals surface area contributed by atoms with Crippen LogP contribution in [0.1, 0.15) is 22.6 Å². The van der Waals surface area contributed by atoms with Crippen LogP contribution in [0.15, 0.2) is 97.2 Å². The first-order chi connectivity index (χ1) is 16.6. The number of rotatable bonds is 7. The summed E-state index contributed by atoms with van der Waals surface area (Å²) in [6.07, 6.45) is 2.44. The summed E-state index contributed by atoms with van der Waals surface area (Å²) in [5.74, 6) is 0.0786. The molecule has 0 saturated carbocycles. The van der Waals surface area contributed by atoms with Crippen LogP contribution >= 0.6 is 0 Å². The van der Waals surface area contributed by atoms with Gasteiger partial charge in [0, 0.05) is 49.3 Å². The van der Waals surface area contributed by atoms with E-state index in [1.165, 1.54) is 16.5 Å². The van der Waals surface area contributed by atoms with Crippen molar-refractivity contribution in [3.8, 4) is 0 Å². The lowest BCUT2D eigenvalue weighted by Gasteiger charge is -2.20. The summed E-state index contributed by atoms with van der Waals surface area (Å²) in [6, 6.07) is 31.3. The SMILES string of the molecule is CN(C)c1ccc([C@@H](CNC(=O)Cc2cccc3ccccc23)c2c[nH]c3ccccc23)cc1. The summed E-state index contributed by atoms with van der Waals surface area (Å²) >= 11 is 0. The molecule has 1 aromatic heterocycles. The third kappa shape index (κ3) is 4.40. The smallest absolute Gasteiger partial charge is 0.224 e. The molecule has 0 radical (unpaired) electrons. The maximum absolute atomic E-state index is 13.0. The van der Waals surface area contributed by atoms with Gasteiger partial charge in [-0.1, -0.05) is 72.8 Å². The van der Waals surface area contributed by atoms with E-state index in [0.29, 0.717) is 13.0 Å². The zero-order valence-corrected chi connectivity index (χ0v) is 19.6. The zero-order valence-electron chi connectivity index (χ0n) is 19.6. The predicted molar refractivity (Wildman–Crippen MR) is 142 cm³/mol. The largest absolute Gasteiger partial charge is 0.378 e. The summed E-state index contributed by atoms with van der Waals surface area (Å²) in [6.45, 7) is 0.534. The third-order valence-corrected chi connectivity index (χ3v) is 6.54. The number of carbonyl (C=O) groups is 1. The van der Waals surface area contributed by atoms with Gasteiger partial charge in [-0.25, -0.2) is 0 Å². The molecule has 0 aliphatic rings. The number of carbonyl (C=O) groups excluding carboxylic acids is 1. The van der Waals surface area contributed by atoms with Gasteiger partial charge in [-0.2, -0.15) is 0 Å². The minimum Gasteiger partial charge on any atom is -0.378 e. The molecule has 170 valence electrons. The van der Waals surface area contributed by atoms with Crippen LogP contribution in [0.25, 0.3) is 21.7 Å². The molecule has 4 heteroatoms. The Morgan fingerprint density at radius 1 is 0.853 bits per heavy atom. The molecule has 2 N–H and O–H groups in total. The number of nitrogens with one attached hydrogen (secondary N) is 2. The van der Waals surface area contributed by atoms with E-state index < -0.39 is 0 Å². The van der Waals surface area contributed by atoms with Gasteiger partial charge in [0.05, 0.1) is 6.42 Å². The highest BCUT2D eigenvalue weighted by molar-refractivity contribution is 5.90. The standard InChI is InChI=1S/C30H29N3O/c1-33(2)24-16-14-22(15-17-24)27(28-20-31-29-13-6-5-12-26(28)29)19-32-30(34)18-23-10-7-9-21-8-3-4-11-25(21)23/h3-17,20,27,31H,18-19H2,1-2H3,(H,32,34)/t27-/m1/s1. The number of aromatic nitrogens is 1. The Kier molecular flexibility index (Phi) is 6.05. The number of benzene rings is 4. The van der Waals surface area contributed by atoms with E-state index in [0.717, 1.165) is 27.5 Å². The highest BCUT2D eigenvalue weighted by Crippen LogP contribution is 2.31. The number of hydrogen-bond donors (Lipinski definition) is 2. The minimum absolute atomic E-state index is 0.0334. The summed E-state index contributed by atoms with van der Waals surface area (Å²) < 4.78 is 0. The Labute approximate surface area is 200 Å². The quantitative estimate of drug-likeness (QED) is 0.327. The van der Waals surface area contributed by atoms with Crippen LogP contribution in [0.5, 0.6) is 0 Å². The second-order valence-electron chi connectivity index (χ2n) is 8.95. The first-order valence-electron chi connectivity index (χ1n) is 11.7. The number of aromatic amines is 1. The van der Waals surface area contributed by atoms with Crippen molar-refractivity contribution in [2.24, 2.45) is 0 Å². The molecule has 1 atom stereocenters. The normalized spacial score (nSPS) is 12.1. The number of fused-ring (bicyclic) bond motifs is 2. The van der Waals surface area contributed by atoms with E-state index in [1.54, 1.807) is 0 Å². The fourth-order valence-electron chi connectivity index (χ4n) is 4.69. The first kappa shape index (κ1) is 21.8. The van der Waals surface area contributed by atoms with Gasteiger partial charge < -0.3 is 15.2 Å². The lowest BCUT2D eigenvalue weighted by atomic mass is 9.90. The van der Waals surface area contributed by atoms with E-state index in [2.05, 4.69) is 82.1 Å². The summed E-state index contributed by atoms with van der Waals surface area (Å²) in [7, 11) is 4.08. The van der Waals surface area contributed by atoms with Crippen LogP contribution in [0, 0.1) is 0 Å². The van der Waals surface area contributed by atoms with Crippen molar-refractivity contribution < 1.29 is 4.79 Å². The number of H-pyrrole nitrogens is 1.